The normalized spacial score (nSPS) is 14.2. The molecule has 4 nitrogen and oxygen atoms in total. The Morgan fingerprint density at radius 2 is 2.20 bits per heavy atom. The summed E-state index contributed by atoms with van der Waals surface area (Å²) in [4.78, 5) is 0. The van der Waals surface area contributed by atoms with Gasteiger partial charge in [-0.25, -0.2) is 0 Å². The molecule has 20 heavy (non-hydrogen) atoms. The fourth-order valence-electron chi connectivity index (χ4n) is 2.16. The largest absolute Gasteiger partial charge is 0.394 e. The van der Waals surface area contributed by atoms with Crippen LogP contribution in [-0.4, -0.2) is 28.0 Å². The average Bonchev–Trinajstić information content (AvgIpc) is 2.86. The summed E-state index contributed by atoms with van der Waals surface area (Å²) in [5.74, 6) is 0.373. The van der Waals surface area contributed by atoms with Gasteiger partial charge in [-0.3, -0.25) is 4.68 Å². The number of rotatable bonds is 6. The number of hydrogen-bond donors (Lipinski definition) is 2. The molecular formula is C15H20BrN3O. The molecule has 2 N–H and O–H groups in total. The maximum absolute atomic E-state index is 9.51. The van der Waals surface area contributed by atoms with Crippen LogP contribution in [0.15, 0.2) is 41.1 Å². The van der Waals surface area contributed by atoms with Gasteiger partial charge in [-0.05, 0) is 23.6 Å². The molecule has 0 aliphatic rings. The molecule has 0 bridgehead atoms. The first kappa shape index (κ1) is 15.2. The van der Waals surface area contributed by atoms with Crippen molar-refractivity contribution < 1.29 is 5.11 Å². The van der Waals surface area contributed by atoms with Crippen molar-refractivity contribution in [3.05, 3.63) is 52.3 Å². The van der Waals surface area contributed by atoms with E-state index in [-0.39, 0.29) is 12.6 Å². The number of aliphatic hydroxyl groups is 1. The number of aryl methyl sites for hydroxylation is 1. The van der Waals surface area contributed by atoms with Gasteiger partial charge in [0.25, 0.3) is 0 Å². The van der Waals surface area contributed by atoms with Gasteiger partial charge in [-0.15, -0.1) is 0 Å². The van der Waals surface area contributed by atoms with Gasteiger partial charge in [-0.2, -0.15) is 5.10 Å². The Morgan fingerprint density at radius 3 is 2.80 bits per heavy atom. The summed E-state index contributed by atoms with van der Waals surface area (Å²) >= 11 is 3.49. The third-order valence-electron chi connectivity index (χ3n) is 3.40. The van der Waals surface area contributed by atoms with Crippen molar-refractivity contribution in [2.45, 2.75) is 18.9 Å². The molecule has 108 valence electrons. The number of aliphatic hydroxyl groups excluding tert-OH is 1. The molecule has 0 aliphatic heterocycles. The number of nitrogens with zero attached hydrogens (tertiary/aromatic N) is 2. The molecule has 1 aromatic carbocycles. The molecule has 0 saturated carbocycles. The highest BCUT2D eigenvalue weighted by atomic mass is 79.9. The monoisotopic (exact) mass is 337 g/mol. The van der Waals surface area contributed by atoms with Crippen molar-refractivity contribution in [3.63, 3.8) is 0 Å². The highest BCUT2D eigenvalue weighted by Gasteiger charge is 2.14. The Labute approximate surface area is 127 Å². The van der Waals surface area contributed by atoms with Crippen LogP contribution < -0.4 is 5.32 Å². The summed E-state index contributed by atoms with van der Waals surface area (Å²) < 4.78 is 2.84. The zero-order chi connectivity index (χ0) is 14.5. The molecule has 0 fully saturated rings. The summed E-state index contributed by atoms with van der Waals surface area (Å²) in [5, 5.41) is 17.0. The molecule has 2 atom stereocenters. The van der Waals surface area contributed by atoms with Crippen molar-refractivity contribution in [1.29, 1.82) is 0 Å². The Balaban J connectivity index is 1.96. The predicted octanol–water partition coefficient (Wildman–Crippen LogP) is 2.61. The second-order valence-corrected chi connectivity index (χ2v) is 5.96. The van der Waals surface area contributed by atoms with Gasteiger partial charge in [0.15, 0.2) is 0 Å². The van der Waals surface area contributed by atoms with Gasteiger partial charge in [-0.1, -0.05) is 35.0 Å². The Hall–Kier alpha value is -1.17. The quantitative estimate of drug-likeness (QED) is 0.851. The van der Waals surface area contributed by atoms with E-state index in [4.69, 9.17) is 0 Å². The summed E-state index contributed by atoms with van der Waals surface area (Å²) in [7, 11) is 1.88. The summed E-state index contributed by atoms with van der Waals surface area (Å²) in [6, 6.07) is 8.24. The van der Waals surface area contributed by atoms with E-state index in [0.717, 1.165) is 16.6 Å². The van der Waals surface area contributed by atoms with Crippen LogP contribution in [0.5, 0.6) is 0 Å². The van der Waals surface area contributed by atoms with Gasteiger partial charge in [0, 0.05) is 29.8 Å². The van der Waals surface area contributed by atoms with E-state index in [1.54, 1.807) is 10.9 Å². The lowest BCUT2D eigenvalue weighted by molar-refractivity contribution is 0.243. The molecule has 1 aromatic heterocycles. The van der Waals surface area contributed by atoms with Gasteiger partial charge in [0.05, 0.1) is 18.8 Å². The summed E-state index contributed by atoms with van der Waals surface area (Å²) in [6.45, 7) is 3.04. The van der Waals surface area contributed by atoms with Crippen molar-refractivity contribution in [2.75, 3.05) is 13.2 Å². The second kappa shape index (κ2) is 7.02. The molecule has 0 radical (unpaired) electrons. The molecular weight excluding hydrogens is 318 g/mol. The van der Waals surface area contributed by atoms with E-state index in [1.807, 2.05) is 25.4 Å². The lowest BCUT2D eigenvalue weighted by Crippen LogP contribution is -2.27. The molecule has 5 heteroatoms. The SMILES string of the molecule is C[C@@H](CN[C@H](CO)c1cnn(C)c1)c1cccc(Br)c1. The lowest BCUT2D eigenvalue weighted by Gasteiger charge is -2.19. The van der Waals surface area contributed by atoms with Crippen LogP contribution in [0.1, 0.15) is 30.0 Å². The van der Waals surface area contributed by atoms with Gasteiger partial charge in [0.2, 0.25) is 0 Å². The summed E-state index contributed by atoms with van der Waals surface area (Å²) in [6.07, 6.45) is 3.72. The average molecular weight is 338 g/mol. The smallest absolute Gasteiger partial charge is 0.0627 e. The predicted molar refractivity (Wildman–Crippen MR) is 83.6 cm³/mol. The highest BCUT2D eigenvalue weighted by molar-refractivity contribution is 9.10. The molecule has 2 aromatic rings. The van der Waals surface area contributed by atoms with E-state index in [9.17, 15) is 5.11 Å². The van der Waals surface area contributed by atoms with E-state index < -0.39 is 0 Å². The van der Waals surface area contributed by atoms with Crippen molar-refractivity contribution in [1.82, 2.24) is 15.1 Å². The topological polar surface area (TPSA) is 50.1 Å². The molecule has 2 rings (SSSR count). The first-order chi connectivity index (χ1) is 9.60. The maximum atomic E-state index is 9.51. The zero-order valence-electron chi connectivity index (χ0n) is 11.8. The number of halogens is 1. The van der Waals surface area contributed by atoms with E-state index in [1.165, 1.54) is 5.56 Å². The fraction of sp³-hybridized carbons (Fsp3) is 0.400. The van der Waals surface area contributed by atoms with Gasteiger partial charge >= 0.3 is 0 Å². The number of aromatic nitrogens is 2. The molecule has 0 amide bonds. The zero-order valence-corrected chi connectivity index (χ0v) is 13.3. The van der Waals surface area contributed by atoms with Crippen LogP contribution in [0, 0.1) is 0 Å². The first-order valence-corrected chi connectivity index (χ1v) is 7.47. The van der Waals surface area contributed by atoms with Crippen LogP contribution >= 0.6 is 15.9 Å². The lowest BCUT2D eigenvalue weighted by atomic mass is 10.0. The van der Waals surface area contributed by atoms with Crippen molar-refractivity contribution >= 4 is 15.9 Å². The minimum absolute atomic E-state index is 0.0664. The van der Waals surface area contributed by atoms with Gasteiger partial charge in [0.1, 0.15) is 0 Å². The molecule has 0 spiro atoms. The minimum atomic E-state index is -0.0710. The third kappa shape index (κ3) is 3.91. The fourth-order valence-corrected chi connectivity index (χ4v) is 2.57. The van der Waals surface area contributed by atoms with E-state index in [0.29, 0.717) is 5.92 Å². The molecule has 0 aliphatic carbocycles. The number of benzene rings is 1. The van der Waals surface area contributed by atoms with Crippen LogP contribution in [0.4, 0.5) is 0 Å². The molecule has 0 saturated heterocycles. The Bertz CT molecular complexity index is 556. The van der Waals surface area contributed by atoms with Crippen LogP contribution in [-0.2, 0) is 7.05 Å². The molecule has 1 heterocycles. The Kier molecular flexibility index (Phi) is 5.34. The van der Waals surface area contributed by atoms with Crippen molar-refractivity contribution in [3.8, 4) is 0 Å². The van der Waals surface area contributed by atoms with Crippen LogP contribution in [0.25, 0.3) is 0 Å². The first-order valence-electron chi connectivity index (χ1n) is 6.68. The minimum Gasteiger partial charge on any atom is -0.394 e. The Morgan fingerprint density at radius 1 is 1.40 bits per heavy atom. The molecule has 0 unspecified atom stereocenters. The second-order valence-electron chi connectivity index (χ2n) is 5.05. The van der Waals surface area contributed by atoms with Crippen LogP contribution in [0.2, 0.25) is 0 Å². The van der Waals surface area contributed by atoms with E-state index in [2.05, 4.69) is 45.4 Å². The number of hydrogen-bond acceptors (Lipinski definition) is 3. The summed E-state index contributed by atoms with van der Waals surface area (Å²) in [5.41, 5.74) is 2.28. The highest BCUT2D eigenvalue weighted by Crippen LogP contribution is 2.20. The maximum Gasteiger partial charge on any atom is 0.0627 e. The van der Waals surface area contributed by atoms with Crippen LogP contribution in [0.3, 0.4) is 0 Å². The third-order valence-corrected chi connectivity index (χ3v) is 3.89. The number of nitrogens with one attached hydrogen (secondary N) is 1. The van der Waals surface area contributed by atoms with Crippen molar-refractivity contribution in [2.24, 2.45) is 7.05 Å². The standard InChI is InChI=1S/C15H20BrN3O/c1-11(12-4-3-5-14(16)6-12)7-17-15(10-20)13-8-18-19(2)9-13/h3-6,8-9,11,15,17,20H,7,10H2,1-2H3/t11-,15+/m0/s1. The van der Waals surface area contributed by atoms with Gasteiger partial charge < -0.3 is 10.4 Å². The van der Waals surface area contributed by atoms with E-state index >= 15 is 0 Å².